The van der Waals surface area contributed by atoms with E-state index in [1.807, 2.05) is 0 Å². The van der Waals surface area contributed by atoms with Crippen LogP contribution in [0.5, 0.6) is 0 Å². The molecule has 0 aromatic heterocycles. The zero-order valence-corrected chi connectivity index (χ0v) is 17.2. The van der Waals surface area contributed by atoms with Crippen molar-refractivity contribution in [1.82, 2.24) is 0 Å². The average Bonchev–Trinajstić information content (AvgIpc) is 2.79. The molecule has 2 aliphatic carbocycles. The van der Waals surface area contributed by atoms with Crippen molar-refractivity contribution in [2.75, 3.05) is 0 Å². The third kappa shape index (κ3) is 2.60. The van der Waals surface area contributed by atoms with Gasteiger partial charge in [-0.05, 0) is 104 Å². The van der Waals surface area contributed by atoms with Gasteiger partial charge < -0.3 is 5.11 Å². The average molecular weight is 399 g/mol. The van der Waals surface area contributed by atoms with E-state index in [9.17, 15) is 5.11 Å². The largest absolute Gasteiger partial charge is 0.384 e. The second-order valence-electron chi connectivity index (χ2n) is 9.12. The summed E-state index contributed by atoms with van der Waals surface area (Å²) in [5.41, 5.74) is 10.3. The number of hydrogen-bond acceptors (Lipinski definition) is 1. The lowest BCUT2D eigenvalue weighted by atomic mass is 9.77. The van der Waals surface area contributed by atoms with Crippen LogP contribution in [0.3, 0.4) is 0 Å². The highest BCUT2D eigenvalue weighted by molar-refractivity contribution is 5.99. The van der Waals surface area contributed by atoms with Crippen LogP contribution in [0.4, 0.5) is 0 Å². The second-order valence-corrected chi connectivity index (χ2v) is 9.12. The third-order valence-electron chi connectivity index (χ3n) is 7.27. The maximum atomic E-state index is 11.4. The highest BCUT2D eigenvalue weighted by Gasteiger charge is 2.27. The Labute approximate surface area is 181 Å². The predicted molar refractivity (Wildman–Crippen MR) is 127 cm³/mol. The monoisotopic (exact) mass is 398 g/mol. The summed E-state index contributed by atoms with van der Waals surface area (Å²) in [5.74, 6) is 0. The minimum absolute atomic E-state index is 0.558. The molecule has 0 radical (unpaired) electrons. The molecule has 148 valence electrons. The van der Waals surface area contributed by atoms with E-state index in [0.717, 1.165) is 30.4 Å². The third-order valence-corrected chi connectivity index (χ3v) is 7.27. The summed E-state index contributed by atoms with van der Waals surface area (Å²) in [6.07, 6.45) is 2.28. The maximum absolute atomic E-state index is 11.4. The van der Waals surface area contributed by atoms with Crippen molar-refractivity contribution in [1.29, 1.82) is 0 Å². The lowest BCUT2D eigenvalue weighted by molar-refractivity contribution is 0.215. The number of rotatable bonds is 0. The van der Waals surface area contributed by atoms with E-state index in [0.29, 0.717) is 0 Å². The summed E-state index contributed by atoms with van der Waals surface area (Å²) in [6, 6.07) is 30.9. The van der Waals surface area contributed by atoms with E-state index < -0.39 is 6.10 Å². The lowest BCUT2D eigenvalue weighted by Gasteiger charge is -2.29. The van der Waals surface area contributed by atoms with Gasteiger partial charge in [0, 0.05) is 0 Å². The molecule has 31 heavy (non-hydrogen) atoms. The van der Waals surface area contributed by atoms with Crippen LogP contribution >= 0.6 is 0 Å². The molecule has 1 unspecified atom stereocenters. The summed E-state index contributed by atoms with van der Waals surface area (Å²) < 4.78 is 0. The number of fused-ring (bicyclic) bond motifs is 6. The Morgan fingerprint density at radius 3 is 1.68 bits per heavy atom. The molecule has 0 saturated carbocycles. The molecule has 5 aromatic carbocycles. The molecule has 1 nitrogen and oxygen atoms in total. The quantitative estimate of drug-likeness (QED) is 0.291. The fourth-order valence-electron chi connectivity index (χ4n) is 5.65. The van der Waals surface area contributed by atoms with Gasteiger partial charge in [-0.15, -0.1) is 0 Å². The molecule has 7 rings (SSSR count). The molecular formula is C30H22O. The Morgan fingerprint density at radius 1 is 0.452 bits per heavy atom. The van der Waals surface area contributed by atoms with Gasteiger partial charge in [0.2, 0.25) is 0 Å². The van der Waals surface area contributed by atoms with Crippen LogP contribution in [0.15, 0.2) is 84.9 Å². The summed E-state index contributed by atoms with van der Waals surface area (Å²) in [7, 11) is 0. The topological polar surface area (TPSA) is 20.2 Å². The van der Waals surface area contributed by atoms with Crippen molar-refractivity contribution >= 4 is 21.5 Å². The van der Waals surface area contributed by atoms with Crippen LogP contribution in [-0.2, 0) is 19.3 Å². The zero-order valence-electron chi connectivity index (χ0n) is 17.2. The van der Waals surface area contributed by atoms with E-state index in [1.54, 1.807) is 0 Å². The first-order valence-corrected chi connectivity index (χ1v) is 11.1. The second kappa shape index (κ2) is 6.29. The van der Waals surface area contributed by atoms with Gasteiger partial charge in [0.15, 0.2) is 0 Å². The van der Waals surface area contributed by atoms with Gasteiger partial charge >= 0.3 is 0 Å². The fraction of sp³-hybridized carbons (Fsp3) is 0.133. The molecule has 1 N–H and O–H groups in total. The molecule has 0 aliphatic heterocycles. The van der Waals surface area contributed by atoms with Crippen LogP contribution in [-0.4, -0.2) is 5.11 Å². The molecule has 0 saturated heterocycles. The first kappa shape index (κ1) is 17.3. The number of aliphatic hydroxyl groups is 1. The van der Waals surface area contributed by atoms with E-state index in [2.05, 4.69) is 84.9 Å². The van der Waals surface area contributed by atoms with Crippen LogP contribution in [0.25, 0.3) is 21.5 Å². The molecule has 0 spiro atoms. The van der Waals surface area contributed by atoms with Gasteiger partial charge in [0.1, 0.15) is 6.10 Å². The first-order valence-electron chi connectivity index (χ1n) is 11.1. The maximum Gasteiger partial charge on any atom is 0.105 e. The van der Waals surface area contributed by atoms with Crippen LogP contribution in [0.1, 0.15) is 50.6 Å². The Morgan fingerprint density at radius 2 is 0.968 bits per heavy atom. The van der Waals surface area contributed by atoms with Gasteiger partial charge in [-0.2, -0.15) is 0 Å². The molecule has 0 fully saturated rings. The minimum atomic E-state index is -0.558. The molecule has 0 heterocycles. The van der Waals surface area contributed by atoms with Gasteiger partial charge in [0.05, 0.1) is 0 Å². The highest BCUT2D eigenvalue weighted by atomic mass is 16.3. The van der Waals surface area contributed by atoms with Gasteiger partial charge in [-0.3, -0.25) is 0 Å². The molecule has 2 aliphatic rings. The SMILES string of the molecule is OC1c2cc3c(cc2Cc2cc4cc5ccccc5cc4cc21)Cc1ccccc1C3. The Kier molecular flexibility index (Phi) is 3.51. The first-order chi connectivity index (χ1) is 15.2. The normalized spacial score (nSPS) is 16.5. The number of aliphatic hydroxyl groups excluding tert-OH is 1. The summed E-state index contributed by atoms with van der Waals surface area (Å²) in [4.78, 5) is 0. The highest BCUT2D eigenvalue weighted by Crippen LogP contribution is 2.40. The smallest absolute Gasteiger partial charge is 0.105 e. The van der Waals surface area contributed by atoms with E-state index in [-0.39, 0.29) is 0 Å². The number of benzene rings is 5. The van der Waals surface area contributed by atoms with Crippen molar-refractivity contribution in [2.45, 2.75) is 25.4 Å². The van der Waals surface area contributed by atoms with Gasteiger partial charge in [-0.1, -0.05) is 66.7 Å². The zero-order chi connectivity index (χ0) is 20.5. The molecule has 5 aromatic rings. The molecule has 0 bridgehead atoms. The summed E-state index contributed by atoms with van der Waals surface area (Å²) >= 11 is 0. The van der Waals surface area contributed by atoms with Crippen molar-refractivity contribution in [3.05, 3.63) is 129 Å². The van der Waals surface area contributed by atoms with Crippen molar-refractivity contribution in [2.24, 2.45) is 0 Å². The molecule has 1 atom stereocenters. The van der Waals surface area contributed by atoms with E-state index >= 15 is 0 Å². The van der Waals surface area contributed by atoms with Gasteiger partial charge in [-0.25, -0.2) is 0 Å². The van der Waals surface area contributed by atoms with Crippen LogP contribution in [0.2, 0.25) is 0 Å². The Balaban J connectivity index is 1.37. The van der Waals surface area contributed by atoms with Crippen molar-refractivity contribution in [3.63, 3.8) is 0 Å². The van der Waals surface area contributed by atoms with E-state index in [4.69, 9.17) is 0 Å². The molecular weight excluding hydrogens is 376 g/mol. The number of hydrogen-bond donors (Lipinski definition) is 1. The van der Waals surface area contributed by atoms with Gasteiger partial charge in [0.25, 0.3) is 0 Å². The van der Waals surface area contributed by atoms with Crippen molar-refractivity contribution in [3.8, 4) is 0 Å². The Bertz CT molecular complexity index is 1530. The molecule has 1 heteroatoms. The lowest BCUT2D eigenvalue weighted by Crippen LogP contribution is -2.17. The standard InChI is InChI=1S/C30H22O/c31-30-28-16-24-11-20-7-3-1-5-18(20)9-22(24)13-26(28)15-27-14-23-10-19-6-2-4-8-21(19)12-25(23)17-29(27)30/h1-9,11,13-14,16-17,30-31H,10,12,15H2. The van der Waals surface area contributed by atoms with Crippen molar-refractivity contribution < 1.29 is 5.11 Å². The predicted octanol–water partition coefficient (Wildman–Crippen LogP) is 6.47. The van der Waals surface area contributed by atoms with E-state index in [1.165, 1.54) is 54.9 Å². The summed E-state index contributed by atoms with van der Waals surface area (Å²) in [5, 5.41) is 16.3. The van der Waals surface area contributed by atoms with Crippen LogP contribution < -0.4 is 0 Å². The summed E-state index contributed by atoms with van der Waals surface area (Å²) in [6.45, 7) is 0. The fourth-order valence-corrected chi connectivity index (χ4v) is 5.65. The molecule has 0 amide bonds. The Hall–Kier alpha value is -3.42. The van der Waals surface area contributed by atoms with Crippen LogP contribution in [0, 0.1) is 0 Å². The minimum Gasteiger partial charge on any atom is -0.384 e.